The maximum atomic E-state index is 12.2. The predicted molar refractivity (Wildman–Crippen MR) is 78.6 cm³/mol. The molecule has 0 bridgehead atoms. The Labute approximate surface area is 119 Å². The van der Waals surface area contributed by atoms with Crippen LogP contribution in [0.5, 0.6) is 0 Å². The number of primary amides is 1. The van der Waals surface area contributed by atoms with E-state index in [0.29, 0.717) is 25.9 Å². The number of rotatable bonds is 8. The van der Waals surface area contributed by atoms with Gasteiger partial charge in [0, 0.05) is 32.0 Å². The van der Waals surface area contributed by atoms with Crippen LogP contribution in [0.3, 0.4) is 0 Å². The van der Waals surface area contributed by atoms with Gasteiger partial charge in [-0.25, -0.2) is 0 Å². The normalized spacial score (nSPS) is 11.9. The fraction of sp³-hybridized carbons (Fsp3) is 0.467. The number of carbonyl (C=O) groups is 2. The third kappa shape index (κ3) is 6.33. The molecule has 1 aromatic rings. The molecule has 1 aromatic carbocycles. The van der Waals surface area contributed by atoms with E-state index in [1.165, 1.54) is 0 Å². The summed E-state index contributed by atoms with van der Waals surface area (Å²) < 4.78 is 0. The lowest BCUT2D eigenvalue weighted by molar-refractivity contribution is -0.132. The van der Waals surface area contributed by atoms with Crippen LogP contribution in [0.15, 0.2) is 30.3 Å². The van der Waals surface area contributed by atoms with Crippen LogP contribution in [0, 0.1) is 0 Å². The summed E-state index contributed by atoms with van der Waals surface area (Å²) >= 11 is 0. The van der Waals surface area contributed by atoms with E-state index < -0.39 is 5.91 Å². The first-order valence-electron chi connectivity index (χ1n) is 6.84. The van der Waals surface area contributed by atoms with Gasteiger partial charge in [0.2, 0.25) is 11.8 Å². The van der Waals surface area contributed by atoms with Gasteiger partial charge in [0.1, 0.15) is 0 Å². The highest BCUT2D eigenvalue weighted by Crippen LogP contribution is 2.08. The Bertz CT molecular complexity index is 432. The topological polar surface area (TPSA) is 89.4 Å². The van der Waals surface area contributed by atoms with Crippen molar-refractivity contribution in [1.29, 1.82) is 0 Å². The third-order valence-electron chi connectivity index (χ3n) is 3.01. The van der Waals surface area contributed by atoms with Crippen molar-refractivity contribution in [2.45, 2.75) is 38.8 Å². The van der Waals surface area contributed by atoms with Gasteiger partial charge in [0.25, 0.3) is 0 Å². The Hall–Kier alpha value is -1.88. The first kappa shape index (κ1) is 16.2. The minimum Gasteiger partial charge on any atom is -0.370 e. The second kappa shape index (κ2) is 8.32. The van der Waals surface area contributed by atoms with Gasteiger partial charge in [-0.3, -0.25) is 9.59 Å². The van der Waals surface area contributed by atoms with E-state index in [1.807, 2.05) is 37.3 Å². The van der Waals surface area contributed by atoms with E-state index in [1.54, 1.807) is 4.90 Å². The summed E-state index contributed by atoms with van der Waals surface area (Å²) in [6.45, 7) is 2.71. The van der Waals surface area contributed by atoms with Crippen LogP contribution in [-0.4, -0.2) is 29.3 Å². The monoisotopic (exact) mass is 277 g/mol. The number of benzene rings is 1. The lowest BCUT2D eigenvalue weighted by Crippen LogP contribution is -2.34. The molecule has 0 heterocycles. The molecule has 0 radical (unpaired) electrons. The molecule has 4 N–H and O–H groups in total. The van der Waals surface area contributed by atoms with Gasteiger partial charge in [-0.15, -0.1) is 0 Å². The summed E-state index contributed by atoms with van der Waals surface area (Å²) in [4.78, 5) is 24.8. The molecule has 20 heavy (non-hydrogen) atoms. The van der Waals surface area contributed by atoms with E-state index in [0.717, 1.165) is 5.56 Å². The number of carbonyl (C=O) groups excluding carboxylic acids is 2. The summed E-state index contributed by atoms with van der Waals surface area (Å²) in [5.41, 5.74) is 11.9. The number of hydrogen-bond donors (Lipinski definition) is 2. The lowest BCUT2D eigenvalue weighted by Gasteiger charge is -2.23. The Balaban J connectivity index is 2.63. The van der Waals surface area contributed by atoms with Gasteiger partial charge < -0.3 is 16.4 Å². The first-order valence-corrected chi connectivity index (χ1v) is 6.84. The van der Waals surface area contributed by atoms with Crippen LogP contribution in [0.25, 0.3) is 0 Å². The van der Waals surface area contributed by atoms with Gasteiger partial charge in [0.15, 0.2) is 0 Å². The molecule has 1 atom stereocenters. The van der Waals surface area contributed by atoms with Crippen molar-refractivity contribution in [2.75, 3.05) is 6.54 Å². The molecule has 0 fully saturated rings. The van der Waals surface area contributed by atoms with Gasteiger partial charge in [-0.05, 0) is 18.9 Å². The standard InChI is InChI=1S/C15H23N3O2/c1-12(16)7-8-15(20)18(10-9-14(17)19)11-13-5-3-2-4-6-13/h2-6,12H,7-11,16H2,1H3,(H2,17,19). The van der Waals surface area contributed by atoms with Crippen LogP contribution < -0.4 is 11.5 Å². The van der Waals surface area contributed by atoms with Gasteiger partial charge in [0.05, 0.1) is 0 Å². The Morgan fingerprint density at radius 3 is 2.40 bits per heavy atom. The molecule has 5 nitrogen and oxygen atoms in total. The third-order valence-corrected chi connectivity index (χ3v) is 3.01. The molecule has 0 aliphatic rings. The van der Waals surface area contributed by atoms with Crippen molar-refractivity contribution in [1.82, 2.24) is 4.90 Å². The molecule has 5 heteroatoms. The molecule has 0 aliphatic heterocycles. The van der Waals surface area contributed by atoms with E-state index in [2.05, 4.69) is 0 Å². The molecule has 1 unspecified atom stereocenters. The summed E-state index contributed by atoms with van der Waals surface area (Å²) in [5.74, 6) is -0.393. The zero-order valence-electron chi connectivity index (χ0n) is 11.9. The second-order valence-electron chi connectivity index (χ2n) is 5.03. The maximum Gasteiger partial charge on any atom is 0.222 e. The van der Waals surface area contributed by atoms with E-state index in [-0.39, 0.29) is 18.4 Å². The number of amides is 2. The quantitative estimate of drug-likeness (QED) is 0.743. The molecule has 2 amide bonds. The minimum atomic E-state index is -0.400. The molecule has 0 aliphatic carbocycles. The van der Waals surface area contributed by atoms with Crippen molar-refractivity contribution >= 4 is 11.8 Å². The highest BCUT2D eigenvalue weighted by Gasteiger charge is 2.15. The van der Waals surface area contributed by atoms with Crippen LogP contribution in [-0.2, 0) is 16.1 Å². The SMILES string of the molecule is CC(N)CCC(=O)N(CCC(N)=O)Cc1ccccc1. The molecule has 0 spiro atoms. The summed E-state index contributed by atoms with van der Waals surface area (Å²) in [7, 11) is 0. The predicted octanol–water partition coefficient (Wildman–Crippen LogP) is 1.02. The summed E-state index contributed by atoms with van der Waals surface area (Å²) in [5, 5.41) is 0. The second-order valence-corrected chi connectivity index (χ2v) is 5.03. The van der Waals surface area contributed by atoms with E-state index in [9.17, 15) is 9.59 Å². The van der Waals surface area contributed by atoms with Crippen molar-refractivity contribution < 1.29 is 9.59 Å². The molecule has 1 rings (SSSR count). The van der Waals surface area contributed by atoms with Gasteiger partial charge >= 0.3 is 0 Å². The van der Waals surface area contributed by atoms with Crippen molar-refractivity contribution in [3.63, 3.8) is 0 Å². The van der Waals surface area contributed by atoms with E-state index in [4.69, 9.17) is 11.5 Å². The number of hydrogen-bond acceptors (Lipinski definition) is 3. The lowest BCUT2D eigenvalue weighted by atomic mass is 10.1. The highest BCUT2D eigenvalue weighted by atomic mass is 16.2. The fourth-order valence-corrected chi connectivity index (χ4v) is 1.85. The molecule has 0 saturated heterocycles. The molecular formula is C15H23N3O2. The summed E-state index contributed by atoms with van der Waals surface area (Å²) in [6, 6.07) is 9.68. The van der Waals surface area contributed by atoms with Crippen LogP contribution in [0.4, 0.5) is 0 Å². The number of nitrogens with two attached hydrogens (primary N) is 2. The molecule has 110 valence electrons. The largest absolute Gasteiger partial charge is 0.370 e. The fourth-order valence-electron chi connectivity index (χ4n) is 1.85. The zero-order valence-corrected chi connectivity index (χ0v) is 11.9. The van der Waals surface area contributed by atoms with Crippen molar-refractivity contribution in [3.05, 3.63) is 35.9 Å². The number of nitrogens with zero attached hydrogens (tertiary/aromatic N) is 1. The Morgan fingerprint density at radius 1 is 1.20 bits per heavy atom. The minimum absolute atomic E-state index is 0.00587. The highest BCUT2D eigenvalue weighted by molar-refractivity contribution is 5.78. The van der Waals surface area contributed by atoms with Gasteiger partial charge in [-0.1, -0.05) is 30.3 Å². The van der Waals surface area contributed by atoms with Crippen molar-refractivity contribution in [2.24, 2.45) is 11.5 Å². The molecular weight excluding hydrogens is 254 g/mol. The maximum absolute atomic E-state index is 12.2. The summed E-state index contributed by atoms with van der Waals surface area (Å²) in [6.07, 6.45) is 1.21. The van der Waals surface area contributed by atoms with Crippen LogP contribution in [0.1, 0.15) is 31.7 Å². The Kier molecular flexibility index (Phi) is 6.73. The average molecular weight is 277 g/mol. The molecule has 0 aromatic heterocycles. The van der Waals surface area contributed by atoms with Crippen molar-refractivity contribution in [3.8, 4) is 0 Å². The van der Waals surface area contributed by atoms with Crippen LogP contribution >= 0.6 is 0 Å². The molecule has 0 saturated carbocycles. The Morgan fingerprint density at radius 2 is 1.85 bits per heavy atom. The van der Waals surface area contributed by atoms with E-state index >= 15 is 0 Å². The smallest absolute Gasteiger partial charge is 0.222 e. The van der Waals surface area contributed by atoms with Crippen LogP contribution in [0.2, 0.25) is 0 Å². The first-order chi connectivity index (χ1) is 9.49. The zero-order chi connectivity index (χ0) is 15.0. The average Bonchev–Trinajstić information content (AvgIpc) is 2.41. The van der Waals surface area contributed by atoms with Gasteiger partial charge in [-0.2, -0.15) is 0 Å².